The van der Waals surface area contributed by atoms with Crippen LogP contribution in [0, 0.1) is 0 Å². The van der Waals surface area contributed by atoms with Gasteiger partial charge in [0.2, 0.25) is 0 Å². The van der Waals surface area contributed by atoms with Crippen LogP contribution in [0.3, 0.4) is 0 Å². The van der Waals surface area contributed by atoms with Crippen LogP contribution < -0.4 is 0 Å². The van der Waals surface area contributed by atoms with Gasteiger partial charge in [0, 0.05) is 5.33 Å². The van der Waals surface area contributed by atoms with Crippen LogP contribution >= 0.6 is 15.9 Å². The SMILES string of the molecule is C=CCCCCCBr.C=CCCCCCC[C@H](C)O.CC1CO1. The standard InChI is InChI=1S/C10H20O.C7H13Br.C3H6O/c1-3-4-5-6-7-8-9-10(2)11;1-2-3-4-5-6-7-8;1-3-2-4-3/h3,10-11H,1,4-9H2,2H3;2H,1,3-7H2;3H,2H2,1H3/t10-;;/m0../s1. The molecule has 1 aliphatic heterocycles. The van der Waals surface area contributed by atoms with Gasteiger partial charge >= 0.3 is 0 Å². The van der Waals surface area contributed by atoms with Crippen LogP contribution in [0.1, 0.15) is 78.1 Å². The zero-order valence-corrected chi connectivity index (χ0v) is 17.0. The minimum atomic E-state index is -0.116. The summed E-state index contributed by atoms with van der Waals surface area (Å²) in [6.45, 7) is 12.2. The average molecular weight is 391 g/mol. The molecule has 0 aromatic carbocycles. The summed E-state index contributed by atoms with van der Waals surface area (Å²) in [7, 11) is 0. The van der Waals surface area contributed by atoms with Gasteiger partial charge in [0.25, 0.3) is 0 Å². The number of unbranched alkanes of at least 4 members (excludes halogenated alkanes) is 7. The fourth-order valence-electron chi connectivity index (χ4n) is 1.74. The van der Waals surface area contributed by atoms with Crippen molar-refractivity contribution in [3.63, 3.8) is 0 Å². The molecule has 2 nitrogen and oxygen atoms in total. The molecule has 1 fully saturated rings. The van der Waals surface area contributed by atoms with Crippen molar-refractivity contribution in [2.75, 3.05) is 11.9 Å². The lowest BCUT2D eigenvalue weighted by Crippen LogP contribution is -1.97. The molecule has 1 heterocycles. The van der Waals surface area contributed by atoms with Gasteiger partial charge < -0.3 is 9.84 Å². The van der Waals surface area contributed by atoms with Crippen LogP contribution in [-0.4, -0.2) is 29.3 Å². The molecular formula is C20H39BrO2. The van der Waals surface area contributed by atoms with Crippen molar-refractivity contribution in [2.24, 2.45) is 0 Å². The third-order valence-corrected chi connectivity index (χ3v) is 3.88. The number of aliphatic hydroxyl groups is 1. The first kappa shape index (κ1) is 25.1. The minimum Gasteiger partial charge on any atom is -0.393 e. The molecule has 23 heavy (non-hydrogen) atoms. The quantitative estimate of drug-likeness (QED) is 0.180. The Bertz CT molecular complexity index is 238. The second-order valence-corrected chi connectivity index (χ2v) is 6.89. The van der Waals surface area contributed by atoms with Crippen LogP contribution in [0.25, 0.3) is 0 Å². The summed E-state index contributed by atoms with van der Waals surface area (Å²) in [6.07, 6.45) is 16.5. The second-order valence-electron chi connectivity index (χ2n) is 6.10. The number of hydrogen-bond donors (Lipinski definition) is 1. The van der Waals surface area contributed by atoms with Gasteiger partial charge in [-0.2, -0.15) is 0 Å². The molecule has 0 saturated carbocycles. The molecular weight excluding hydrogens is 352 g/mol. The monoisotopic (exact) mass is 390 g/mol. The molecule has 0 aromatic heterocycles. The Morgan fingerprint density at radius 1 is 1.04 bits per heavy atom. The lowest BCUT2D eigenvalue weighted by atomic mass is 10.1. The Morgan fingerprint density at radius 2 is 1.48 bits per heavy atom. The average Bonchev–Trinajstić information content (AvgIpc) is 3.31. The Balaban J connectivity index is 0. The van der Waals surface area contributed by atoms with Crippen molar-refractivity contribution in [1.29, 1.82) is 0 Å². The van der Waals surface area contributed by atoms with E-state index >= 15 is 0 Å². The molecule has 1 rings (SSSR count). The number of hydrogen-bond acceptors (Lipinski definition) is 2. The number of epoxide rings is 1. The van der Waals surface area contributed by atoms with E-state index in [9.17, 15) is 0 Å². The molecule has 138 valence electrons. The highest BCUT2D eigenvalue weighted by atomic mass is 79.9. The van der Waals surface area contributed by atoms with E-state index in [1.807, 2.05) is 19.1 Å². The topological polar surface area (TPSA) is 32.8 Å². The van der Waals surface area contributed by atoms with Gasteiger partial charge in [-0.1, -0.05) is 53.8 Å². The summed E-state index contributed by atoms with van der Waals surface area (Å²) >= 11 is 3.38. The first-order valence-corrected chi connectivity index (χ1v) is 10.3. The third kappa shape index (κ3) is 34.3. The maximum Gasteiger partial charge on any atom is 0.0781 e. The highest BCUT2D eigenvalue weighted by Gasteiger charge is 2.13. The lowest BCUT2D eigenvalue weighted by molar-refractivity contribution is 0.180. The predicted molar refractivity (Wildman–Crippen MR) is 107 cm³/mol. The van der Waals surface area contributed by atoms with Crippen LogP contribution in [0.4, 0.5) is 0 Å². The Kier molecular flexibility index (Phi) is 23.9. The van der Waals surface area contributed by atoms with E-state index in [-0.39, 0.29) is 6.10 Å². The first-order chi connectivity index (χ1) is 11.1. The normalized spacial score (nSPS) is 16.3. The molecule has 0 bridgehead atoms. The van der Waals surface area contributed by atoms with Gasteiger partial charge in [-0.25, -0.2) is 0 Å². The molecule has 1 saturated heterocycles. The second kappa shape index (κ2) is 21.9. The fourth-order valence-corrected chi connectivity index (χ4v) is 2.13. The summed E-state index contributed by atoms with van der Waals surface area (Å²) in [6, 6.07) is 0. The number of rotatable bonds is 12. The van der Waals surface area contributed by atoms with E-state index in [2.05, 4.69) is 36.0 Å². The van der Waals surface area contributed by atoms with Crippen molar-refractivity contribution in [2.45, 2.75) is 90.3 Å². The van der Waals surface area contributed by atoms with Crippen molar-refractivity contribution in [3.05, 3.63) is 25.3 Å². The maximum absolute atomic E-state index is 8.94. The molecule has 0 radical (unpaired) electrons. The minimum absolute atomic E-state index is 0.116. The number of ether oxygens (including phenoxy) is 1. The lowest BCUT2D eigenvalue weighted by Gasteiger charge is -2.02. The molecule has 0 amide bonds. The largest absolute Gasteiger partial charge is 0.393 e. The van der Waals surface area contributed by atoms with Gasteiger partial charge in [-0.3, -0.25) is 0 Å². The Morgan fingerprint density at radius 3 is 1.83 bits per heavy atom. The summed E-state index contributed by atoms with van der Waals surface area (Å²) in [4.78, 5) is 0. The molecule has 0 aromatic rings. The van der Waals surface area contributed by atoms with E-state index in [4.69, 9.17) is 9.84 Å². The first-order valence-electron chi connectivity index (χ1n) is 9.15. The zero-order valence-electron chi connectivity index (χ0n) is 15.4. The molecule has 3 heteroatoms. The molecule has 1 aliphatic rings. The van der Waals surface area contributed by atoms with Crippen molar-refractivity contribution < 1.29 is 9.84 Å². The number of alkyl halides is 1. The predicted octanol–water partition coefficient (Wildman–Crippen LogP) is 6.43. The van der Waals surface area contributed by atoms with Crippen LogP contribution in [-0.2, 0) is 4.74 Å². The van der Waals surface area contributed by atoms with Crippen molar-refractivity contribution >= 4 is 15.9 Å². The van der Waals surface area contributed by atoms with Gasteiger partial charge in [-0.05, 0) is 52.4 Å². The molecule has 1 N–H and O–H groups in total. The highest BCUT2D eigenvalue weighted by Crippen LogP contribution is 2.07. The summed E-state index contributed by atoms with van der Waals surface area (Å²) in [5.74, 6) is 0. The molecule has 2 atom stereocenters. The number of halogens is 1. The van der Waals surface area contributed by atoms with E-state index in [1.165, 1.54) is 44.9 Å². The summed E-state index contributed by atoms with van der Waals surface area (Å²) < 4.78 is 4.71. The Labute approximate surface area is 153 Å². The number of allylic oxidation sites excluding steroid dienone is 2. The molecule has 1 unspecified atom stereocenters. The van der Waals surface area contributed by atoms with Gasteiger partial charge in [0.1, 0.15) is 0 Å². The van der Waals surface area contributed by atoms with E-state index in [1.54, 1.807) is 0 Å². The van der Waals surface area contributed by atoms with Crippen molar-refractivity contribution in [1.82, 2.24) is 0 Å². The Hall–Kier alpha value is -0.120. The van der Waals surface area contributed by atoms with Crippen LogP contribution in [0.2, 0.25) is 0 Å². The van der Waals surface area contributed by atoms with E-state index < -0.39 is 0 Å². The highest BCUT2D eigenvalue weighted by molar-refractivity contribution is 9.09. The fraction of sp³-hybridized carbons (Fsp3) is 0.800. The zero-order chi connectivity index (χ0) is 17.8. The van der Waals surface area contributed by atoms with Crippen LogP contribution in [0.5, 0.6) is 0 Å². The smallest absolute Gasteiger partial charge is 0.0781 e. The van der Waals surface area contributed by atoms with Gasteiger partial charge in [0.05, 0.1) is 18.8 Å². The van der Waals surface area contributed by atoms with Gasteiger partial charge in [-0.15, -0.1) is 13.2 Å². The van der Waals surface area contributed by atoms with Gasteiger partial charge in [0.15, 0.2) is 0 Å². The van der Waals surface area contributed by atoms with E-state index in [0.29, 0.717) is 6.10 Å². The van der Waals surface area contributed by atoms with E-state index in [0.717, 1.165) is 31.2 Å². The molecule has 0 spiro atoms. The maximum atomic E-state index is 8.94. The van der Waals surface area contributed by atoms with Crippen LogP contribution in [0.15, 0.2) is 25.3 Å². The molecule has 0 aliphatic carbocycles. The number of aliphatic hydroxyl groups excluding tert-OH is 1. The van der Waals surface area contributed by atoms with Crippen molar-refractivity contribution in [3.8, 4) is 0 Å². The summed E-state index contributed by atoms with van der Waals surface area (Å²) in [5.41, 5.74) is 0. The summed E-state index contributed by atoms with van der Waals surface area (Å²) in [5, 5.41) is 10.1. The third-order valence-electron chi connectivity index (χ3n) is 3.32.